The van der Waals surface area contributed by atoms with Crippen LogP contribution in [0.25, 0.3) is 0 Å². The topological polar surface area (TPSA) is 25.2 Å². The van der Waals surface area contributed by atoms with Gasteiger partial charge in [0.25, 0.3) is 0 Å². The number of nitrogens with zero attached hydrogens (tertiary/aromatic N) is 1. The first kappa shape index (κ1) is 11.5. The number of aliphatic hydroxyl groups is 1. The molecular formula is C15H16FNO. The summed E-state index contributed by atoms with van der Waals surface area (Å²) >= 11 is 0. The van der Waals surface area contributed by atoms with E-state index in [1.165, 1.54) is 11.6 Å². The van der Waals surface area contributed by atoms with E-state index in [2.05, 4.69) is 6.20 Å². The third kappa shape index (κ3) is 2.18. The van der Waals surface area contributed by atoms with Gasteiger partial charge in [-0.05, 0) is 42.5 Å². The summed E-state index contributed by atoms with van der Waals surface area (Å²) in [4.78, 5) is 0. The molecule has 18 heavy (non-hydrogen) atoms. The van der Waals surface area contributed by atoms with Crippen molar-refractivity contribution >= 4 is 0 Å². The molecule has 2 nitrogen and oxygen atoms in total. The van der Waals surface area contributed by atoms with E-state index in [1.807, 2.05) is 16.8 Å². The Bertz CT molecular complexity index is 561. The minimum atomic E-state index is -0.331. The van der Waals surface area contributed by atoms with Crippen LogP contribution in [0.15, 0.2) is 36.7 Å². The number of aryl methyl sites for hydroxylation is 1. The van der Waals surface area contributed by atoms with Crippen molar-refractivity contribution in [2.75, 3.05) is 0 Å². The molecule has 0 radical (unpaired) electrons. The van der Waals surface area contributed by atoms with E-state index < -0.39 is 0 Å². The Morgan fingerprint density at radius 2 is 2.22 bits per heavy atom. The number of benzene rings is 1. The number of hydrogen-bond donors (Lipinski definition) is 1. The zero-order chi connectivity index (χ0) is 12.5. The summed E-state index contributed by atoms with van der Waals surface area (Å²) in [5.74, 6) is -0.204. The average molecular weight is 245 g/mol. The van der Waals surface area contributed by atoms with Crippen LogP contribution in [0, 0.1) is 5.82 Å². The fourth-order valence-corrected chi connectivity index (χ4v) is 2.66. The third-order valence-electron chi connectivity index (χ3n) is 3.53. The van der Waals surface area contributed by atoms with Crippen LogP contribution in [-0.4, -0.2) is 9.67 Å². The molecule has 3 rings (SSSR count). The number of aromatic nitrogens is 1. The second kappa shape index (κ2) is 4.58. The monoisotopic (exact) mass is 245 g/mol. The first-order valence-electron chi connectivity index (χ1n) is 6.33. The van der Waals surface area contributed by atoms with Crippen molar-refractivity contribution in [3.63, 3.8) is 0 Å². The van der Waals surface area contributed by atoms with Gasteiger partial charge >= 0.3 is 0 Å². The molecule has 2 aromatic rings. The lowest BCUT2D eigenvalue weighted by Crippen LogP contribution is -2.05. The van der Waals surface area contributed by atoms with Crippen LogP contribution < -0.4 is 0 Å². The van der Waals surface area contributed by atoms with Crippen LogP contribution in [-0.2, 0) is 13.0 Å². The number of fused-ring (bicyclic) bond motifs is 1. The van der Waals surface area contributed by atoms with Gasteiger partial charge in [-0.25, -0.2) is 4.39 Å². The number of rotatable bonds is 2. The summed E-state index contributed by atoms with van der Waals surface area (Å²) in [6, 6.07) is 6.64. The fourth-order valence-electron chi connectivity index (χ4n) is 2.66. The van der Waals surface area contributed by atoms with E-state index in [0.29, 0.717) is 6.54 Å². The predicted molar refractivity (Wildman–Crippen MR) is 67.8 cm³/mol. The molecule has 1 aliphatic rings. The first-order valence-corrected chi connectivity index (χ1v) is 6.33. The smallest absolute Gasteiger partial charge is 0.123 e. The third-order valence-corrected chi connectivity index (χ3v) is 3.53. The largest absolute Gasteiger partial charge is 0.388 e. The summed E-state index contributed by atoms with van der Waals surface area (Å²) in [5, 5.41) is 9.91. The summed E-state index contributed by atoms with van der Waals surface area (Å²) in [6.45, 7) is 0.650. The molecule has 0 amide bonds. The Kier molecular flexibility index (Phi) is 2.92. The molecule has 0 saturated heterocycles. The SMILES string of the molecule is OC1CCCc2cn(Cc3cccc(F)c3)cc21. The van der Waals surface area contributed by atoms with Gasteiger partial charge in [0.15, 0.2) is 0 Å². The normalized spacial score (nSPS) is 18.7. The van der Waals surface area contributed by atoms with Gasteiger partial charge in [-0.2, -0.15) is 0 Å². The molecular weight excluding hydrogens is 229 g/mol. The van der Waals surface area contributed by atoms with E-state index >= 15 is 0 Å². The van der Waals surface area contributed by atoms with Gasteiger partial charge in [-0.15, -0.1) is 0 Å². The molecule has 1 N–H and O–H groups in total. The minimum Gasteiger partial charge on any atom is -0.388 e. The highest BCUT2D eigenvalue weighted by Gasteiger charge is 2.19. The molecule has 3 heteroatoms. The van der Waals surface area contributed by atoms with E-state index in [-0.39, 0.29) is 11.9 Å². The van der Waals surface area contributed by atoms with Gasteiger partial charge in [0, 0.05) is 24.5 Å². The van der Waals surface area contributed by atoms with Crippen molar-refractivity contribution in [3.8, 4) is 0 Å². The molecule has 94 valence electrons. The standard InChI is InChI=1S/C15H16FNO/c16-13-5-1-3-11(7-13)8-17-9-12-4-2-6-15(18)14(12)10-17/h1,3,5,7,9-10,15,18H,2,4,6,8H2. The summed E-state index contributed by atoms with van der Waals surface area (Å²) in [5.41, 5.74) is 3.21. The van der Waals surface area contributed by atoms with Crippen LogP contribution >= 0.6 is 0 Å². The number of hydrogen-bond acceptors (Lipinski definition) is 1. The second-order valence-electron chi connectivity index (χ2n) is 4.95. The summed E-state index contributed by atoms with van der Waals surface area (Å²) in [7, 11) is 0. The van der Waals surface area contributed by atoms with Gasteiger partial charge in [-0.1, -0.05) is 12.1 Å². The summed E-state index contributed by atoms with van der Waals surface area (Å²) < 4.78 is 15.1. The molecule has 1 aliphatic carbocycles. The Balaban J connectivity index is 1.85. The highest BCUT2D eigenvalue weighted by atomic mass is 19.1. The quantitative estimate of drug-likeness (QED) is 0.864. The second-order valence-corrected chi connectivity index (χ2v) is 4.95. The van der Waals surface area contributed by atoms with Gasteiger partial charge < -0.3 is 9.67 Å². The van der Waals surface area contributed by atoms with Crippen molar-refractivity contribution in [3.05, 3.63) is 59.2 Å². The maximum Gasteiger partial charge on any atom is 0.123 e. The van der Waals surface area contributed by atoms with E-state index in [9.17, 15) is 9.50 Å². The van der Waals surface area contributed by atoms with Crippen LogP contribution in [0.5, 0.6) is 0 Å². The van der Waals surface area contributed by atoms with E-state index in [0.717, 1.165) is 30.4 Å². The Morgan fingerprint density at radius 1 is 1.33 bits per heavy atom. The summed E-state index contributed by atoms with van der Waals surface area (Å²) in [6.07, 6.45) is 6.65. The molecule has 0 saturated carbocycles. The maximum absolute atomic E-state index is 13.1. The van der Waals surface area contributed by atoms with Crippen molar-refractivity contribution in [2.24, 2.45) is 0 Å². The van der Waals surface area contributed by atoms with Crippen LogP contribution in [0.4, 0.5) is 4.39 Å². The molecule has 0 fully saturated rings. The molecule has 1 heterocycles. The van der Waals surface area contributed by atoms with Gasteiger partial charge in [0.1, 0.15) is 5.82 Å². The molecule has 0 spiro atoms. The number of halogens is 1. The van der Waals surface area contributed by atoms with Crippen LogP contribution in [0.1, 0.15) is 35.6 Å². The van der Waals surface area contributed by atoms with Crippen molar-refractivity contribution in [2.45, 2.75) is 31.9 Å². The highest BCUT2D eigenvalue weighted by molar-refractivity contribution is 5.30. The zero-order valence-corrected chi connectivity index (χ0v) is 10.1. The lowest BCUT2D eigenvalue weighted by Gasteiger charge is -2.16. The molecule has 1 aromatic heterocycles. The van der Waals surface area contributed by atoms with Crippen LogP contribution in [0.2, 0.25) is 0 Å². The number of aliphatic hydroxyl groups excluding tert-OH is 1. The van der Waals surface area contributed by atoms with Crippen LogP contribution in [0.3, 0.4) is 0 Å². The van der Waals surface area contributed by atoms with Crippen molar-refractivity contribution in [1.82, 2.24) is 4.57 Å². The average Bonchev–Trinajstić information content (AvgIpc) is 2.73. The lowest BCUT2D eigenvalue weighted by molar-refractivity contribution is 0.157. The lowest BCUT2D eigenvalue weighted by atomic mass is 9.93. The Morgan fingerprint density at radius 3 is 3.00 bits per heavy atom. The molecule has 1 unspecified atom stereocenters. The van der Waals surface area contributed by atoms with E-state index in [4.69, 9.17) is 0 Å². The Hall–Kier alpha value is -1.61. The predicted octanol–water partition coefficient (Wildman–Crippen LogP) is 3.05. The molecule has 0 bridgehead atoms. The first-order chi connectivity index (χ1) is 8.72. The highest BCUT2D eigenvalue weighted by Crippen LogP contribution is 2.30. The van der Waals surface area contributed by atoms with Crippen molar-refractivity contribution in [1.29, 1.82) is 0 Å². The minimum absolute atomic E-state index is 0.204. The Labute approximate surface area is 106 Å². The molecule has 1 aromatic carbocycles. The maximum atomic E-state index is 13.1. The van der Waals surface area contributed by atoms with Gasteiger partial charge in [0.05, 0.1) is 6.10 Å². The molecule has 1 atom stereocenters. The zero-order valence-electron chi connectivity index (χ0n) is 10.1. The fraction of sp³-hybridized carbons (Fsp3) is 0.333. The van der Waals surface area contributed by atoms with Gasteiger partial charge in [0.2, 0.25) is 0 Å². The van der Waals surface area contributed by atoms with E-state index in [1.54, 1.807) is 12.1 Å². The van der Waals surface area contributed by atoms with Gasteiger partial charge in [-0.3, -0.25) is 0 Å². The molecule has 0 aliphatic heterocycles. The van der Waals surface area contributed by atoms with Crippen molar-refractivity contribution < 1.29 is 9.50 Å².